The van der Waals surface area contributed by atoms with Gasteiger partial charge in [0.25, 0.3) is 0 Å². The monoisotopic (exact) mass is 206 g/mol. The van der Waals surface area contributed by atoms with Gasteiger partial charge in [0.15, 0.2) is 5.76 Å². The van der Waals surface area contributed by atoms with Crippen molar-refractivity contribution in [2.75, 3.05) is 11.4 Å². The molecule has 1 saturated heterocycles. The van der Waals surface area contributed by atoms with Crippen LogP contribution >= 0.6 is 0 Å². The van der Waals surface area contributed by atoms with E-state index in [9.17, 15) is 4.79 Å². The van der Waals surface area contributed by atoms with Crippen molar-refractivity contribution in [3.05, 3.63) is 24.1 Å². The molecule has 0 saturated carbocycles. The van der Waals surface area contributed by atoms with E-state index in [0.29, 0.717) is 18.7 Å². The molecule has 1 aromatic heterocycles. The molecule has 1 fully saturated rings. The van der Waals surface area contributed by atoms with E-state index in [2.05, 4.69) is 11.7 Å². The van der Waals surface area contributed by atoms with Gasteiger partial charge >= 0.3 is 0 Å². The van der Waals surface area contributed by atoms with E-state index >= 15 is 0 Å². The van der Waals surface area contributed by atoms with Crippen LogP contribution in [0.2, 0.25) is 0 Å². The Balaban J connectivity index is 2.32. The molecule has 4 heteroatoms. The van der Waals surface area contributed by atoms with Crippen molar-refractivity contribution in [1.29, 1.82) is 0 Å². The number of hydrogen-bond donors (Lipinski definition) is 0. The molecule has 0 spiro atoms. The molecule has 0 N–H and O–H groups in total. The lowest BCUT2D eigenvalue weighted by molar-refractivity contribution is -0.117. The van der Waals surface area contributed by atoms with Crippen molar-refractivity contribution < 1.29 is 9.32 Å². The third kappa shape index (κ3) is 1.56. The molecule has 2 heterocycles. The van der Waals surface area contributed by atoms with E-state index in [1.54, 1.807) is 4.90 Å². The van der Waals surface area contributed by atoms with Gasteiger partial charge in [0.2, 0.25) is 5.91 Å². The normalized spacial score (nSPS) is 21.1. The molecule has 15 heavy (non-hydrogen) atoms. The predicted molar refractivity (Wildman–Crippen MR) is 56.6 cm³/mol. The Labute approximate surface area is 88.5 Å². The van der Waals surface area contributed by atoms with Gasteiger partial charge in [-0.3, -0.25) is 4.79 Å². The zero-order valence-electron chi connectivity index (χ0n) is 8.99. The molecule has 0 radical (unpaired) electrons. The number of amides is 1. The van der Waals surface area contributed by atoms with Gasteiger partial charge < -0.3 is 9.42 Å². The Morgan fingerprint density at radius 1 is 1.60 bits per heavy atom. The lowest BCUT2D eigenvalue weighted by Crippen LogP contribution is -2.25. The Bertz CT molecular complexity index is 389. The SMILES string of the molecule is C=CC1CC(=O)N(c2c(C)noc2C)C1. The Hall–Kier alpha value is -1.58. The van der Waals surface area contributed by atoms with Crippen LogP contribution in [0.5, 0.6) is 0 Å². The Morgan fingerprint density at radius 3 is 2.80 bits per heavy atom. The standard InChI is InChI=1S/C11H14N2O2/c1-4-9-5-10(14)13(6-9)11-7(2)12-15-8(11)3/h4,9H,1,5-6H2,2-3H3. The fourth-order valence-corrected chi connectivity index (χ4v) is 1.97. The third-order valence-corrected chi connectivity index (χ3v) is 2.75. The molecule has 80 valence electrons. The maximum atomic E-state index is 11.8. The van der Waals surface area contributed by atoms with Gasteiger partial charge in [-0.2, -0.15) is 0 Å². The molecule has 2 rings (SSSR count). The first-order valence-electron chi connectivity index (χ1n) is 4.99. The van der Waals surface area contributed by atoms with Gasteiger partial charge in [0.05, 0.1) is 0 Å². The van der Waals surface area contributed by atoms with Crippen LogP contribution in [0.4, 0.5) is 5.69 Å². The van der Waals surface area contributed by atoms with Gasteiger partial charge in [-0.25, -0.2) is 0 Å². The van der Waals surface area contributed by atoms with Crippen molar-refractivity contribution >= 4 is 11.6 Å². The van der Waals surface area contributed by atoms with Crippen LogP contribution in [0.3, 0.4) is 0 Å². The average Bonchev–Trinajstić information content (AvgIpc) is 2.71. The second-order valence-corrected chi connectivity index (χ2v) is 3.88. The topological polar surface area (TPSA) is 46.3 Å². The minimum Gasteiger partial charge on any atom is -0.359 e. The van der Waals surface area contributed by atoms with Crippen molar-refractivity contribution in [3.63, 3.8) is 0 Å². The molecule has 0 aromatic carbocycles. The zero-order valence-corrected chi connectivity index (χ0v) is 8.99. The lowest BCUT2D eigenvalue weighted by Gasteiger charge is -2.14. The van der Waals surface area contributed by atoms with Gasteiger partial charge in [0, 0.05) is 18.9 Å². The summed E-state index contributed by atoms with van der Waals surface area (Å²) in [5.41, 5.74) is 1.59. The summed E-state index contributed by atoms with van der Waals surface area (Å²) in [6.45, 7) is 8.08. The van der Waals surface area contributed by atoms with E-state index in [-0.39, 0.29) is 11.8 Å². The van der Waals surface area contributed by atoms with Crippen molar-refractivity contribution in [2.24, 2.45) is 5.92 Å². The van der Waals surface area contributed by atoms with Gasteiger partial charge in [-0.05, 0) is 13.8 Å². The summed E-state index contributed by atoms with van der Waals surface area (Å²) in [6, 6.07) is 0. The number of aromatic nitrogens is 1. The van der Waals surface area contributed by atoms with Gasteiger partial charge in [-0.1, -0.05) is 11.2 Å². The molecule has 1 aliphatic heterocycles. The maximum absolute atomic E-state index is 11.8. The molecular formula is C11H14N2O2. The zero-order chi connectivity index (χ0) is 11.0. The predicted octanol–water partition coefficient (Wildman–Crippen LogP) is 1.83. The van der Waals surface area contributed by atoms with Crippen molar-refractivity contribution in [3.8, 4) is 0 Å². The Kier molecular flexibility index (Phi) is 2.34. The fraction of sp³-hybridized carbons (Fsp3) is 0.455. The molecule has 0 bridgehead atoms. The summed E-state index contributed by atoms with van der Waals surface area (Å²) in [6.07, 6.45) is 2.36. The first-order chi connectivity index (χ1) is 7.13. The number of nitrogens with zero attached hydrogens (tertiary/aromatic N) is 2. The number of carbonyl (C=O) groups is 1. The molecular weight excluding hydrogens is 192 g/mol. The van der Waals surface area contributed by atoms with Crippen LogP contribution in [-0.4, -0.2) is 17.6 Å². The molecule has 1 aliphatic rings. The summed E-state index contributed by atoms with van der Waals surface area (Å²) < 4.78 is 5.06. The summed E-state index contributed by atoms with van der Waals surface area (Å²) in [7, 11) is 0. The first kappa shape index (κ1) is 9.96. The number of anilines is 1. The average molecular weight is 206 g/mol. The lowest BCUT2D eigenvalue weighted by atomic mass is 10.1. The fourth-order valence-electron chi connectivity index (χ4n) is 1.97. The number of hydrogen-bond acceptors (Lipinski definition) is 3. The second-order valence-electron chi connectivity index (χ2n) is 3.88. The highest BCUT2D eigenvalue weighted by atomic mass is 16.5. The summed E-state index contributed by atoms with van der Waals surface area (Å²) in [5.74, 6) is 1.06. The van der Waals surface area contributed by atoms with E-state index in [4.69, 9.17) is 4.52 Å². The minimum absolute atomic E-state index is 0.120. The summed E-state index contributed by atoms with van der Waals surface area (Å²) in [5, 5.41) is 3.85. The third-order valence-electron chi connectivity index (χ3n) is 2.75. The molecule has 1 unspecified atom stereocenters. The van der Waals surface area contributed by atoms with Crippen LogP contribution in [0.15, 0.2) is 17.2 Å². The van der Waals surface area contributed by atoms with Crippen molar-refractivity contribution in [2.45, 2.75) is 20.3 Å². The van der Waals surface area contributed by atoms with E-state index in [1.165, 1.54) is 0 Å². The quantitative estimate of drug-likeness (QED) is 0.693. The van der Waals surface area contributed by atoms with Crippen LogP contribution in [0.25, 0.3) is 0 Å². The second kappa shape index (κ2) is 3.53. The summed E-state index contributed by atoms with van der Waals surface area (Å²) in [4.78, 5) is 13.5. The Morgan fingerprint density at radius 2 is 2.33 bits per heavy atom. The van der Waals surface area contributed by atoms with Crippen molar-refractivity contribution in [1.82, 2.24) is 5.16 Å². The number of carbonyl (C=O) groups excluding carboxylic acids is 1. The first-order valence-corrected chi connectivity index (χ1v) is 4.99. The van der Waals surface area contributed by atoms with Crippen LogP contribution in [-0.2, 0) is 4.79 Å². The highest BCUT2D eigenvalue weighted by Crippen LogP contribution is 2.30. The smallest absolute Gasteiger partial charge is 0.227 e. The minimum atomic E-state index is 0.120. The molecule has 4 nitrogen and oxygen atoms in total. The maximum Gasteiger partial charge on any atom is 0.227 e. The van der Waals surface area contributed by atoms with E-state index in [1.807, 2.05) is 19.9 Å². The molecule has 0 aliphatic carbocycles. The van der Waals surface area contributed by atoms with E-state index in [0.717, 1.165) is 11.4 Å². The largest absolute Gasteiger partial charge is 0.359 e. The molecule has 1 amide bonds. The molecule has 1 aromatic rings. The van der Waals surface area contributed by atoms with Crippen LogP contribution < -0.4 is 4.90 Å². The van der Waals surface area contributed by atoms with E-state index < -0.39 is 0 Å². The van der Waals surface area contributed by atoms with Crippen LogP contribution in [0.1, 0.15) is 17.9 Å². The van der Waals surface area contributed by atoms with Crippen LogP contribution in [0, 0.1) is 19.8 Å². The highest BCUT2D eigenvalue weighted by Gasteiger charge is 2.32. The number of rotatable bonds is 2. The van der Waals surface area contributed by atoms with Gasteiger partial charge in [-0.15, -0.1) is 6.58 Å². The van der Waals surface area contributed by atoms with Gasteiger partial charge in [0.1, 0.15) is 11.4 Å². The molecule has 1 atom stereocenters. The summed E-state index contributed by atoms with van der Waals surface area (Å²) >= 11 is 0. The highest BCUT2D eigenvalue weighted by molar-refractivity contribution is 5.96. The number of aryl methyl sites for hydroxylation is 2.